The van der Waals surface area contributed by atoms with Crippen LogP contribution in [0.4, 0.5) is 4.39 Å². The molecule has 8 heteroatoms. The van der Waals surface area contributed by atoms with Gasteiger partial charge in [0, 0.05) is 6.07 Å². The fourth-order valence-corrected chi connectivity index (χ4v) is 3.28. The molecule has 0 amide bonds. The molecule has 1 aromatic carbocycles. The van der Waals surface area contributed by atoms with Gasteiger partial charge < -0.3 is 14.5 Å². The van der Waals surface area contributed by atoms with Crippen LogP contribution in [0.1, 0.15) is 25.5 Å². The van der Waals surface area contributed by atoms with Crippen molar-refractivity contribution < 1.29 is 13.9 Å². The van der Waals surface area contributed by atoms with Crippen molar-refractivity contribution in [1.82, 2.24) is 19.4 Å². The summed E-state index contributed by atoms with van der Waals surface area (Å²) in [6.45, 7) is 4.33. The summed E-state index contributed by atoms with van der Waals surface area (Å²) in [5.74, 6) is 0.744. The smallest absolute Gasteiger partial charge is 0.274 e. The molecule has 0 radical (unpaired) electrons. The lowest BCUT2D eigenvalue weighted by molar-refractivity contribution is 0.309. The average molecular weight is 396 g/mol. The normalized spacial score (nSPS) is 11.3. The highest BCUT2D eigenvalue weighted by molar-refractivity contribution is 5.79. The number of aryl methyl sites for hydroxylation is 1. The minimum absolute atomic E-state index is 0.235. The highest BCUT2D eigenvalue weighted by Crippen LogP contribution is 2.29. The Balaban J connectivity index is 1.99. The zero-order valence-corrected chi connectivity index (χ0v) is 16.5. The number of ether oxygens (including phenoxy) is 2. The van der Waals surface area contributed by atoms with Gasteiger partial charge in [-0.2, -0.15) is 4.98 Å². The van der Waals surface area contributed by atoms with Crippen LogP contribution in [-0.4, -0.2) is 33.1 Å². The van der Waals surface area contributed by atoms with Gasteiger partial charge in [-0.1, -0.05) is 13.3 Å². The first-order valence-electron chi connectivity index (χ1n) is 9.42. The molecule has 0 aliphatic heterocycles. The number of hydrogen-bond acceptors (Lipinski definition) is 5. The van der Waals surface area contributed by atoms with Crippen LogP contribution in [0.2, 0.25) is 0 Å². The monoisotopic (exact) mass is 396 g/mol. The van der Waals surface area contributed by atoms with Crippen LogP contribution in [0, 0.1) is 12.7 Å². The zero-order chi connectivity index (χ0) is 20.5. The fourth-order valence-electron chi connectivity index (χ4n) is 3.28. The number of pyridine rings is 1. The minimum Gasteiger partial charge on any atom is -0.494 e. The van der Waals surface area contributed by atoms with E-state index in [0.717, 1.165) is 12.8 Å². The van der Waals surface area contributed by atoms with Crippen molar-refractivity contribution in [3.05, 3.63) is 52.2 Å². The molecule has 4 aromatic rings. The van der Waals surface area contributed by atoms with Crippen LogP contribution in [0.5, 0.6) is 11.6 Å². The van der Waals surface area contributed by atoms with E-state index in [-0.39, 0.29) is 16.9 Å². The Hall–Kier alpha value is -3.42. The summed E-state index contributed by atoms with van der Waals surface area (Å²) in [4.78, 5) is 24.4. The van der Waals surface area contributed by atoms with Gasteiger partial charge in [-0.3, -0.25) is 9.20 Å². The molecule has 0 saturated heterocycles. The van der Waals surface area contributed by atoms with E-state index >= 15 is 0 Å². The van der Waals surface area contributed by atoms with E-state index in [2.05, 4.69) is 21.9 Å². The van der Waals surface area contributed by atoms with E-state index < -0.39 is 5.82 Å². The van der Waals surface area contributed by atoms with Gasteiger partial charge in [0.1, 0.15) is 22.9 Å². The summed E-state index contributed by atoms with van der Waals surface area (Å²) in [6.07, 6.45) is 1.91. The highest BCUT2D eigenvalue weighted by Gasteiger charge is 2.20. The fraction of sp³-hybridized carbons (Fsp3) is 0.286. The van der Waals surface area contributed by atoms with Crippen LogP contribution in [-0.2, 0) is 0 Å². The Kier molecular flexibility index (Phi) is 4.92. The van der Waals surface area contributed by atoms with Gasteiger partial charge in [0.25, 0.3) is 5.56 Å². The Morgan fingerprint density at radius 3 is 2.79 bits per heavy atom. The second kappa shape index (κ2) is 7.54. The number of aromatic nitrogens is 4. The molecule has 150 valence electrons. The molecule has 0 atom stereocenters. The number of nitrogens with zero attached hydrogens (tertiary/aromatic N) is 3. The number of aromatic amines is 1. The van der Waals surface area contributed by atoms with E-state index in [1.165, 1.54) is 13.2 Å². The van der Waals surface area contributed by atoms with Crippen LogP contribution in [0.25, 0.3) is 28.1 Å². The number of rotatable bonds is 6. The van der Waals surface area contributed by atoms with Gasteiger partial charge >= 0.3 is 0 Å². The van der Waals surface area contributed by atoms with E-state index in [1.807, 2.05) is 0 Å². The van der Waals surface area contributed by atoms with E-state index in [1.54, 1.807) is 35.6 Å². The molecule has 3 heterocycles. The first-order chi connectivity index (χ1) is 14.0. The molecule has 4 rings (SSSR count). The summed E-state index contributed by atoms with van der Waals surface area (Å²) >= 11 is 0. The Morgan fingerprint density at radius 2 is 2.03 bits per heavy atom. The van der Waals surface area contributed by atoms with Crippen molar-refractivity contribution in [1.29, 1.82) is 0 Å². The Bertz CT molecular complexity index is 1260. The molecule has 0 aliphatic rings. The maximum Gasteiger partial charge on any atom is 0.274 e. The topological polar surface area (TPSA) is 81.5 Å². The van der Waals surface area contributed by atoms with E-state index in [4.69, 9.17) is 9.47 Å². The molecule has 0 fully saturated rings. The predicted molar refractivity (Wildman–Crippen MR) is 108 cm³/mol. The molecule has 0 bridgehead atoms. The lowest BCUT2D eigenvalue weighted by atomic mass is 10.2. The number of unbranched alkanes of at least 4 members (excludes halogenated alkanes) is 1. The molecule has 3 aromatic heterocycles. The number of H-pyrrole nitrogens is 1. The quantitative estimate of drug-likeness (QED) is 0.500. The third-order valence-electron chi connectivity index (χ3n) is 4.73. The van der Waals surface area contributed by atoms with Crippen LogP contribution < -0.4 is 15.0 Å². The minimum atomic E-state index is -0.462. The number of hydrogen-bond donors (Lipinski definition) is 1. The second-order valence-electron chi connectivity index (χ2n) is 6.73. The average Bonchev–Trinajstić information content (AvgIpc) is 3.07. The maximum absolute atomic E-state index is 14.8. The number of imidazole rings is 1. The first-order valence-corrected chi connectivity index (χ1v) is 9.42. The van der Waals surface area contributed by atoms with Gasteiger partial charge in [-0.15, -0.1) is 0 Å². The number of fused-ring (bicyclic) bond motifs is 3. The van der Waals surface area contributed by atoms with Crippen molar-refractivity contribution in [2.45, 2.75) is 26.7 Å². The van der Waals surface area contributed by atoms with Crippen LogP contribution >= 0.6 is 0 Å². The van der Waals surface area contributed by atoms with Crippen molar-refractivity contribution in [2.24, 2.45) is 0 Å². The van der Waals surface area contributed by atoms with Crippen LogP contribution in [0.3, 0.4) is 0 Å². The van der Waals surface area contributed by atoms with Gasteiger partial charge in [-0.25, -0.2) is 9.37 Å². The van der Waals surface area contributed by atoms with Crippen molar-refractivity contribution in [2.75, 3.05) is 13.7 Å². The summed E-state index contributed by atoms with van der Waals surface area (Å²) in [5, 5.41) is 0. The molecule has 0 unspecified atom stereocenters. The van der Waals surface area contributed by atoms with E-state index in [0.29, 0.717) is 40.6 Å². The summed E-state index contributed by atoms with van der Waals surface area (Å²) in [6, 6.07) is 7.88. The highest BCUT2D eigenvalue weighted by atomic mass is 19.1. The van der Waals surface area contributed by atoms with Gasteiger partial charge in [-0.05, 0) is 37.6 Å². The Labute approximate surface area is 166 Å². The summed E-state index contributed by atoms with van der Waals surface area (Å²) < 4.78 is 27.3. The standard InChI is InChI=1S/C21H21FN4O3/c1-4-5-10-29-13-6-7-15(22)14(11-13)19-23-12(2)18-21(27)24-16-8-9-17(28-3)25-20(16)26(18)19/h6-9,11H,4-5,10H2,1-3H3,(H,24,27). The number of methoxy groups -OCH3 is 1. The first kappa shape index (κ1) is 18.9. The van der Waals surface area contributed by atoms with Gasteiger partial charge in [0.15, 0.2) is 5.65 Å². The van der Waals surface area contributed by atoms with Gasteiger partial charge in [0.2, 0.25) is 5.88 Å². The molecular formula is C21H21FN4O3. The maximum atomic E-state index is 14.8. The lowest BCUT2D eigenvalue weighted by Gasteiger charge is -2.10. The summed E-state index contributed by atoms with van der Waals surface area (Å²) in [5.41, 5.74) is 1.62. The number of halogens is 1. The SMILES string of the molecule is CCCCOc1ccc(F)c(-c2nc(C)c3c(=O)[nH]c4ccc(OC)nc4n23)c1. The predicted octanol–water partition coefficient (Wildman–Crippen LogP) is 3.87. The van der Waals surface area contributed by atoms with Gasteiger partial charge in [0.05, 0.1) is 30.5 Å². The number of nitrogens with one attached hydrogen (secondary N) is 1. The second-order valence-corrected chi connectivity index (χ2v) is 6.73. The largest absolute Gasteiger partial charge is 0.494 e. The molecule has 1 N–H and O–H groups in total. The lowest BCUT2D eigenvalue weighted by Crippen LogP contribution is -2.12. The Morgan fingerprint density at radius 1 is 1.21 bits per heavy atom. The van der Waals surface area contributed by atoms with Crippen molar-refractivity contribution >= 4 is 16.7 Å². The molecular weight excluding hydrogens is 375 g/mol. The molecule has 29 heavy (non-hydrogen) atoms. The molecule has 0 aliphatic carbocycles. The summed E-state index contributed by atoms with van der Waals surface area (Å²) in [7, 11) is 1.51. The van der Waals surface area contributed by atoms with Crippen LogP contribution in [0.15, 0.2) is 35.1 Å². The van der Waals surface area contributed by atoms with E-state index in [9.17, 15) is 9.18 Å². The number of benzene rings is 1. The molecule has 0 saturated carbocycles. The van der Waals surface area contributed by atoms with Crippen molar-refractivity contribution in [3.63, 3.8) is 0 Å². The molecule has 0 spiro atoms. The molecule has 7 nitrogen and oxygen atoms in total. The van der Waals surface area contributed by atoms with Crippen molar-refractivity contribution in [3.8, 4) is 23.0 Å². The zero-order valence-electron chi connectivity index (χ0n) is 16.5. The third-order valence-corrected chi connectivity index (χ3v) is 4.73. The third kappa shape index (κ3) is 3.30.